The van der Waals surface area contributed by atoms with Gasteiger partial charge >= 0.3 is 0 Å². The second-order valence-corrected chi connectivity index (χ2v) is 4.32. The number of carbonyl (C=O) groups is 1. The van der Waals surface area contributed by atoms with E-state index in [1.54, 1.807) is 13.8 Å². The average Bonchev–Trinajstić information content (AvgIpc) is 2.87. The molecule has 2 rings (SSSR count). The Morgan fingerprint density at radius 1 is 1.52 bits per heavy atom. The van der Waals surface area contributed by atoms with Crippen LogP contribution in [0, 0.1) is 18.3 Å². The van der Waals surface area contributed by atoms with Crippen molar-refractivity contribution in [3.8, 4) is 11.9 Å². The highest BCUT2D eigenvalue weighted by Crippen LogP contribution is 2.12. The Bertz CT molecular complexity index is 682. The topological polar surface area (TPSA) is 135 Å². The standard InChI is InChI=1S/C12H14N8O/c1-7(14)11-18-8(2)19-20(11)10-6-16-9(5-17-10)12(21)15-4-3-13/h5-7H,4,14H2,1-2H3,(H,15,21)/t7-/m0/s1. The normalized spacial score (nSPS) is 11.7. The molecule has 0 unspecified atom stereocenters. The summed E-state index contributed by atoms with van der Waals surface area (Å²) in [5, 5.41) is 15.0. The fraction of sp³-hybridized carbons (Fsp3) is 0.333. The molecule has 2 aromatic heterocycles. The van der Waals surface area contributed by atoms with Gasteiger partial charge in [-0.15, -0.1) is 5.10 Å². The Kier molecular flexibility index (Phi) is 4.20. The van der Waals surface area contributed by atoms with E-state index in [-0.39, 0.29) is 18.3 Å². The van der Waals surface area contributed by atoms with Gasteiger partial charge in [-0.3, -0.25) is 4.79 Å². The zero-order valence-electron chi connectivity index (χ0n) is 11.6. The van der Waals surface area contributed by atoms with Crippen LogP contribution in [0.3, 0.4) is 0 Å². The van der Waals surface area contributed by atoms with Crippen LogP contribution >= 0.6 is 0 Å². The van der Waals surface area contributed by atoms with Crippen molar-refractivity contribution in [1.29, 1.82) is 5.26 Å². The third kappa shape index (κ3) is 3.18. The second-order valence-electron chi connectivity index (χ2n) is 4.32. The summed E-state index contributed by atoms with van der Waals surface area (Å²) in [7, 11) is 0. The van der Waals surface area contributed by atoms with E-state index in [9.17, 15) is 4.79 Å². The van der Waals surface area contributed by atoms with Crippen LogP contribution in [0.15, 0.2) is 12.4 Å². The number of nitrogens with two attached hydrogens (primary N) is 1. The Labute approximate surface area is 120 Å². The first kappa shape index (κ1) is 14.5. The predicted molar refractivity (Wildman–Crippen MR) is 72.2 cm³/mol. The number of carbonyl (C=O) groups excluding carboxylic acids is 1. The molecule has 0 saturated carbocycles. The third-order valence-corrected chi connectivity index (χ3v) is 2.56. The molecular weight excluding hydrogens is 272 g/mol. The van der Waals surface area contributed by atoms with E-state index in [4.69, 9.17) is 11.0 Å². The van der Waals surface area contributed by atoms with Gasteiger partial charge in [-0.25, -0.2) is 15.0 Å². The fourth-order valence-corrected chi connectivity index (χ4v) is 1.65. The molecule has 0 aliphatic carbocycles. The van der Waals surface area contributed by atoms with Crippen LogP contribution in [0.25, 0.3) is 5.82 Å². The van der Waals surface area contributed by atoms with Crippen LogP contribution in [-0.2, 0) is 0 Å². The molecule has 0 saturated heterocycles. The number of hydrogen-bond donors (Lipinski definition) is 2. The van der Waals surface area contributed by atoms with E-state index in [0.717, 1.165) is 0 Å². The van der Waals surface area contributed by atoms with Crippen LogP contribution in [0.1, 0.15) is 35.1 Å². The maximum atomic E-state index is 11.6. The summed E-state index contributed by atoms with van der Waals surface area (Å²) in [5.74, 6) is 1.08. The number of rotatable bonds is 4. The van der Waals surface area contributed by atoms with Crippen molar-refractivity contribution >= 4 is 5.91 Å². The molecule has 1 atom stereocenters. The first-order valence-corrected chi connectivity index (χ1v) is 6.19. The van der Waals surface area contributed by atoms with E-state index in [1.165, 1.54) is 17.1 Å². The van der Waals surface area contributed by atoms with E-state index in [1.807, 2.05) is 6.07 Å². The van der Waals surface area contributed by atoms with Gasteiger partial charge in [0, 0.05) is 0 Å². The zero-order chi connectivity index (χ0) is 15.4. The first-order chi connectivity index (χ1) is 10.0. The Morgan fingerprint density at radius 2 is 2.29 bits per heavy atom. The molecule has 0 aliphatic heterocycles. The quantitative estimate of drug-likeness (QED) is 0.732. The highest BCUT2D eigenvalue weighted by Gasteiger charge is 2.15. The molecule has 0 radical (unpaired) electrons. The van der Waals surface area contributed by atoms with Crippen molar-refractivity contribution in [2.24, 2.45) is 5.73 Å². The van der Waals surface area contributed by atoms with Gasteiger partial charge in [0.15, 0.2) is 11.6 Å². The highest BCUT2D eigenvalue weighted by atomic mass is 16.1. The van der Waals surface area contributed by atoms with E-state index >= 15 is 0 Å². The SMILES string of the molecule is Cc1nc([C@H](C)N)n(-c2cnc(C(=O)NCC#N)cn2)n1. The number of aromatic nitrogens is 5. The molecule has 2 heterocycles. The van der Waals surface area contributed by atoms with Gasteiger partial charge in [-0.05, 0) is 13.8 Å². The average molecular weight is 286 g/mol. The summed E-state index contributed by atoms with van der Waals surface area (Å²) in [6.45, 7) is 3.45. The Hall–Kier alpha value is -2.86. The second kappa shape index (κ2) is 6.06. The third-order valence-electron chi connectivity index (χ3n) is 2.56. The van der Waals surface area contributed by atoms with Gasteiger partial charge in [-0.2, -0.15) is 9.94 Å². The van der Waals surface area contributed by atoms with Gasteiger partial charge in [0.1, 0.15) is 18.1 Å². The lowest BCUT2D eigenvalue weighted by atomic mass is 10.3. The van der Waals surface area contributed by atoms with Crippen molar-refractivity contribution in [3.05, 3.63) is 29.7 Å². The lowest BCUT2D eigenvalue weighted by Crippen LogP contribution is -2.25. The number of nitrogens with one attached hydrogen (secondary N) is 1. The predicted octanol–water partition coefficient (Wildman–Crippen LogP) is -0.361. The number of amides is 1. The van der Waals surface area contributed by atoms with Gasteiger partial charge in [-0.1, -0.05) is 0 Å². The maximum Gasteiger partial charge on any atom is 0.272 e. The van der Waals surface area contributed by atoms with Crippen molar-refractivity contribution in [2.45, 2.75) is 19.9 Å². The molecule has 108 valence electrons. The van der Waals surface area contributed by atoms with E-state index < -0.39 is 5.91 Å². The van der Waals surface area contributed by atoms with E-state index in [0.29, 0.717) is 17.5 Å². The lowest BCUT2D eigenvalue weighted by Gasteiger charge is -2.07. The number of nitrogens with zero attached hydrogens (tertiary/aromatic N) is 6. The monoisotopic (exact) mass is 286 g/mol. The van der Waals surface area contributed by atoms with Crippen molar-refractivity contribution in [3.63, 3.8) is 0 Å². The van der Waals surface area contributed by atoms with Crippen LogP contribution < -0.4 is 11.1 Å². The fourth-order valence-electron chi connectivity index (χ4n) is 1.65. The summed E-state index contributed by atoms with van der Waals surface area (Å²) < 4.78 is 1.49. The lowest BCUT2D eigenvalue weighted by molar-refractivity contribution is 0.0953. The maximum absolute atomic E-state index is 11.6. The molecule has 0 bridgehead atoms. The minimum absolute atomic E-state index is 0.0840. The van der Waals surface area contributed by atoms with Crippen molar-refractivity contribution in [1.82, 2.24) is 30.0 Å². The number of hydrogen-bond acceptors (Lipinski definition) is 7. The number of aryl methyl sites for hydroxylation is 1. The van der Waals surface area contributed by atoms with Crippen LogP contribution in [0.4, 0.5) is 0 Å². The minimum atomic E-state index is -0.460. The van der Waals surface area contributed by atoms with Gasteiger partial charge in [0.2, 0.25) is 0 Å². The minimum Gasteiger partial charge on any atom is -0.338 e. The van der Waals surface area contributed by atoms with Gasteiger partial charge < -0.3 is 11.1 Å². The molecule has 9 heteroatoms. The van der Waals surface area contributed by atoms with E-state index in [2.05, 4.69) is 25.4 Å². The van der Waals surface area contributed by atoms with Crippen molar-refractivity contribution in [2.75, 3.05) is 6.54 Å². The zero-order valence-corrected chi connectivity index (χ0v) is 11.6. The molecular formula is C12H14N8O. The molecule has 0 fully saturated rings. The molecule has 1 amide bonds. The smallest absolute Gasteiger partial charge is 0.272 e. The summed E-state index contributed by atoms with van der Waals surface area (Å²) in [5.41, 5.74) is 5.95. The van der Waals surface area contributed by atoms with Gasteiger partial charge in [0.05, 0.1) is 24.5 Å². The van der Waals surface area contributed by atoms with Crippen LogP contribution in [0.2, 0.25) is 0 Å². The largest absolute Gasteiger partial charge is 0.338 e. The number of nitriles is 1. The Morgan fingerprint density at radius 3 is 2.86 bits per heavy atom. The summed E-state index contributed by atoms with van der Waals surface area (Å²) in [4.78, 5) is 24.0. The summed E-state index contributed by atoms with van der Waals surface area (Å²) >= 11 is 0. The van der Waals surface area contributed by atoms with Crippen LogP contribution in [-0.4, -0.2) is 37.2 Å². The molecule has 21 heavy (non-hydrogen) atoms. The highest BCUT2D eigenvalue weighted by molar-refractivity contribution is 5.92. The molecule has 2 aromatic rings. The molecule has 9 nitrogen and oxygen atoms in total. The molecule has 0 aromatic carbocycles. The summed E-state index contributed by atoms with van der Waals surface area (Å²) in [6, 6.07) is 1.50. The van der Waals surface area contributed by atoms with Crippen molar-refractivity contribution < 1.29 is 4.79 Å². The Balaban J connectivity index is 2.27. The summed E-state index contributed by atoms with van der Waals surface area (Å²) in [6.07, 6.45) is 2.71. The molecule has 0 aliphatic rings. The van der Waals surface area contributed by atoms with Gasteiger partial charge in [0.25, 0.3) is 5.91 Å². The van der Waals surface area contributed by atoms with Crippen LogP contribution in [0.5, 0.6) is 0 Å². The molecule has 3 N–H and O–H groups in total. The molecule has 0 spiro atoms. The first-order valence-electron chi connectivity index (χ1n) is 6.19.